The van der Waals surface area contributed by atoms with Crippen LogP contribution in [0.25, 0.3) is 0 Å². The van der Waals surface area contributed by atoms with Crippen molar-refractivity contribution in [1.29, 1.82) is 0 Å². The van der Waals surface area contributed by atoms with Gasteiger partial charge in [0.2, 0.25) is 0 Å². The number of carbonyl (C=O) groups is 1. The van der Waals surface area contributed by atoms with Gasteiger partial charge in [-0.3, -0.25) is 4.79 Å². The average molecular weight is 218 g/mol. The van der Waals surface area contributed by atoms with Crippen molar-refractivity contribution < 1.29 is 4.79 Å². The molecule has 0 aromatic rings. The van der Waals surface area contributed by atoms with Crippen molar-refractivity contribution in [2.75, 3.05) is 0 Å². The van der Waals surface area contributed by atoms with Gasteiger partial charge in [-0.2, -0.15) is 0 Å². The lowest BCUT2D eigenvalue weighted by atomic mass is 9.66. The second-order valence-electron chi connectivity index (χ2n) is 5.61. The smallest absolute Gasteiger partial charge is 0.159 e. The third-order valence-electron chi connectivity index (χ3n) is 4.47. The topological polar surface area (TPSA) is 17.1 Å². The molecular weight excluding hydrogens is 196 g/mol. The van der Waals surface area contributed by atoms with E-state index in [1.165, 1.54) is 12.0 Å². The fourth-order valence-electron chi connectivity index (χ4n) is 3.59. The minimum atomic E-state index is 0.367. The van der Waals surface area contributed by atoms with E-state index in [0.29, 0.717) is 35.9 Å². The van der Waals surface area contributed by atoms with Crippen LogP contribution in [0, 0.1) is 23.7 Å². The minimum Gasteiger partial charge on any atom is -0.295 e. The molecule has 2 fully saturated rings. The molecule has 0 aromatic carbocycles. The lowest BCUT2D eigenvalue weighted by Gasteiger charge is -2.38. The third-order valence-corrected chi connectivity index (χ3v) is 4.47. The number of allylic oxidation sites excluding steroid dienone is 3. The molecule has 0 spiro atoms. The van der Waals surface area contributed by atoms with E-state index in [0.717, 1.165) is 12.0 Å². The highest BCUT2D eigenvalue weighted by atomic mass is 16.1. The standard InChI is InChI=1S/C15H22O/c1-5-11-14(16)8-13-10(4)6-7-12(9(2)3)15(11)13/h5,9,12-13,15H,4,6-8H2,1-3H3/b11-5+/t12-,13-,15-/m0/s1. The van der Waals surface area contributed by atoms with Gasteiger partial charge in [-0.25, -0.2) is 0 Å². The highest BCUT2D eigenvalue weighted by Gasteiger charge is 2.45. The summed E-state index contributed by atoms with van der Waals surface area (Å²) in [7, 11) is 0. The van der Waals surface area contributed by atoms with E-state index in [2.05, 4.69) is 20.4 Å². The van der Waals surface area contributed by atoms with Gasteiger partial charge in [0.1, 0.15) is 0 Å². The molecule has 3 atom stereocenters. The van der Waals surface area contributed by atoms with Gasteiger partial charge in [-0.1, -0.05) is 32.1 Å². The lowest BCUT2D eigenvalue weighted by Crippen LogP contribution is -2.30. The molecule has 16 heavy (non-hydrogen) atoms. The van der Waals surface area contributed by atoms with Gasteiger partial charge >= 0.3 is 0 Å². The molecule has 2 rings (SSSR count). The summed E-state index contributed by atoms with van der Waals surface area (Å²) in [5, 5.41) is 0. The Morgan fingerprint density at radius 2 is 2.12 bits per heavy atom. The zero-order valence-electron chi connectivity index (χ0n) is 10.6. The molecule has 0 radical (unpaired) electrons. The summed E-state index contributed by atoms with van der Waals surface area (Å²) in [6.07, 6.45) is 5.09. The average Bonchev–Trinajstić information content (AvgIpc) is 2.55. The van der Waals surface area contributed by atoms with Crippen molar-refractivity contribution in [3.63, 3.8) is 0 Å². The molecule has 0 heterocycles. The van der Waals surface area contributed by atoms with Crippen molar-refractivity contribution in [3.05, 3.63) is 23.8 Å². The van der Waals surface area contributed by atoms with Crippen LogP contribution in [0.15, 0.2) is 23.8 Å². The maximum Gasteiger partial charge on any atom is 0.159 e. The largest absolute Gasteiger partial charge is 0.295 e. The molecular formula is C15H22O. The summed E-state index contributed by atoms with van der Waals surface area (Å²) in [6.45, 7) is 10.7. The zero-order valence-corrected chi connectivity index (χ0v) is 10.6. The van der Waals surface area contributed by atoms with E-state index in [1.807, 2.05) is 13.0 Å². The molecule has 1 nitrogen and oxygen atoms in total. The second-order valence-corrected chi connectivity index (χ2v) is 5.61. The molecule has 0 aromatic heterocycles. The van der Waals surface area contributed by atoms with Crippen LogP contribution in [0.5, 0.6) is 0 Å². The number of carbonyl (C=O) groups excluding carboxylic acids is 1. The summed E-state index contributed by atoms with van der Waals surface area (Å²) in [5.74, 6) is 2.62. The molecule has 0 saturated heterocycles. The minimum absolute atomic E-state index is 0.367. The Hall–Kier alpha value is -0.850. The van der Waals surface area contributed by atoms with E-state index in [-0.39, 0.29) is 0 Å². The fourth-order valence-corrected chi connectivity index (χ4v) is 3.59. The first-order valence-corrected chi connectivity index (χ1v) is 6.43. The van der Waals surface area contributed by atoms with E-state index >= 15 is 0 Å². The molecule has 0 aliphatic heterocycles. The van der Waals surface area contributed by atoms with Gasteiger partial charge in [0, 0.05) is 6.42 Å². The SMILES string of the molecule is C=C1CC[C@@H](C(C)C)[C@@H]2/C(=C/C)C(=O)C[C@@H]12. The van der Waals surface area contributed by atoms with E-state index < -0.39 is 0 Å². The van der Waals surface area contributed by atoms with E-state index in [4.69, 9.17) is 0 Å². The predicted octanol–water partition coefficient (Wildman–Crippen LogP) is 3.76. The van der Waals surface area contributed by atoms with Crippen LogP contribution in [0.1, 0.15) is 40.0 Å². The number of fused-ring (bicyclic) bond motifs is 1. The quantitative estimate of drug-likeness (QED) is 0.484. The first-order chi connectivity index (χ1) is 7.56. The number of Topliss-reactive ketones (excluding diaryl/α,β-unsaturated/α-hetero) is 1. The summed E-state index contributed by atoms with van der Waals surface area (Å²) >= 11 is 0. The molecule has 2 aliphatic rings. The molecule has 88 valence electrons. The molecule has 0 unspecified atom stereocenters. The molecule has 0 amide bonds. The van der Waals surface area contributed by atoms with Crippen molar-refractivity contribution >= 4 is 5.78 Å². The number of rotatable bonds is 1. The normalized spacial score (nSPS) is 37.2. The van der Waals surface area contributed by atoms with E-state index in [1.54, 1.807) is 0 Å². The third kappa shape index (κ3) is 1.66. The molecule has 0 N–H and O–H groups in total. The zero-order chi connectivity index (χ0) is 11.9. The lowest BCUT2D eigenvalue weighted by molar-refractivity contribution is -0.114. The Kier molecular flexibility index (Phi) is 3.05. The van der Waals surface area contributed by atoms with Gasteiger partial charge in [0.05, 0.1) is 0 Å². The van der Waals surface area contributed by atoms with Crippen LogP contribution in [0.2, 0.25) is 0 Å². The van der Waals surface area contributed by atoms with Crippen molar-refractivity contribution in [2.45, 2.75) is 40.0 Å². The first-order valence-electron chi connectivity index (χ1n) is 6.43. The van der Waals surface area contributed by atoms with Gasteiger partial charge in [-0.15, -0.1) is 0 Å². The molecule has 0 bridgehead atoms. The van der Waals surface area contributed by atoms with Gasteiger partial charge in [0.25, 0.3) is 0 Å². The van der Waals surface area contributed by atoms with Crippen LogP contribution < -0.4 is 0 Å². The Labute approximate surface area is 98.6 Å². The monoisotopic (exact) mass is 218 g/mol. The highest BCUT2D eigenvalue weighted by Crippen LogP contribution is 2.50. The maximum atomic E-state index is 12.0. The van der Waals surface area contributed by atoms with Crippen LogP contribution in [0.4, 0.5) is 0 Å². The van der Waals surface area contributed by atoms with Crippen LogP contribution in [-0.4, -0.2) is 5.78 Å². The van der Waals surface area contributed by atoms with Crippen molar-refractivity contribution in [2.24, 2.45) is 23.7 Å². The van der Waals surface area contributed by atoms with Crippen molar-refractivity contribution in [3.8, 4) is 0 Å². The number of ketones is 1. The highest BCUT2D eigenvalue weighted by molar-refractivity contribution is 5.99. The van der Waals surface area contributed by atoms with Crippen LogP contribution in [-0.2, 0) is 4.79 Å². The predicted molar refractivity (Wildman–Crippen MR) is 67.1 cm³/mol. The molecule has 2 saturated carbocycles. The number of hydrogen-bond donors (Lipinski definition) is 0. The van der Waals surface area contributed by atoms with Crippen LogP contribution >= 0.6 is 0 Å². The van der Waals surface area contributed by atoms with Gasteiger partial charge in [-0.05, 0) is 49.0 Å². The summed E-state index contributed by atoms with van der Waals surface area (Å²) < 4.78 is 0. The summed E-state index contributed by atoms with van der Waals surface area (Å²) in [5.41, 5.74) is 2.40. The fraction of sp³-hybridized carbons (Fsp3) is 0.667. The second kappa shape index (κ2) is 4.20. The van der Waals surface area contributed by atoms with Gasteiger partial charge in [0.15, 0.2) is 5.78 Å². The van der Waals surface area contributed by atoms with E-state index in [9.17, 15) is 4.79 Å². The molecule has 1 heteroatoms. The number of hydrogen-bond acceptors (Lipinski definition) is 1. The van der Waals surface area contributed by atoms with Crippen molar-refractivity contribution in [1.82, 2.24) is 0 Å². The Morgan fingerprint density at radius 3 is 2.69 bits per heavy atom. The summed E-state index contributed by atoms with van der Waals surface area (Å²) in [4.78, 5) is 12.0. The molecule has 2 aliphatic carbocycles. The van der Waals surface area contributed by atoms with Crippen LogP contribution in [0.3, 0.4) is 0 Å². The first kappa shape index (κ1) is 11.6. The Bertz CT molecular complexity index is 348. The Balaban J connectivity index is 2.36. The summed E-state index contributed by atoms with van der Waals surface area (Å²) in [6, 6.07) is 0. The maximum absolute atomic E-state index is 12.0. The Morgan fingerprint density at radius 1 is 1.44 bits per heavy atom. The van der Waals surface area contributed by atoms with Gasteiger partial charge < -0.3 is 0 Å².